The second-order valence-electron chi connectivity index (χ2n) is 4.84. The van der Waals surface area contributed by atoms with Crippen LogP contribution in [-0.4, -0.2) is 22.4 Å². The molecule has 0 saturated heterocycles. The van der Waals surface area contributed by atoms with Gasteiger partial charge in [0, 0.05) is 24.1 Å². The van der Waals surface area contributed by atoms with E-state index in [1.165, 1.54) is 18.7 Å². The molecule has 0 bridgehead atoms. The molecular formula is C16H20N4O. The summed E-state index contributed by atoms with van der Waals surface area (Å²) >= 11 is 0. The number of rotatable bonds is 6. The van der Waals surface area contributed by atoms with E-state index >= 15 is 0 Å². The van der Waals surface area contributed by atoms with Crippen LogP contribution in [0.3, 0.4) is 0 Å². The van der Waals surface area contributed by atoms with Crippen LogP contribution in [-0.2, 0) is 0 Å². The number of nitrogens with one attached hydrogen (secondary N) is 2. The number of carbonyl (C=O) groups is 1. The third kappa shape index (κ3) is 4.10. The van der Waals surface area contributed by atoms with Crippen LogP contribution in [0.5, 0.6) is 0 Å². The number of hydrogen-bond donors (Lipinski definition) is 2. The van der Waals surface area contributed by atoms with Gasteiger partial charge in [0.25, 0.3) is 5.91 Å². The molecule has 1 aromatic carbocycles. The maximum atomic E-state index is 12.2. The van der Waals surface area contributed by atoms with Gasteiger partial charge >= 0.3 is 0 Å². The summed E-state index contributed by atoms with van der Waals surface area (Å²) in [6, 6.07) is 7.98. The number of amides is 1. The van der Waals surface area contributed by atoms with E-state index in [4.69, 9.17) is 0 Å². The highest BCUT2D eigenvalue weighted by Gasteiger charge is 2.13. The molecule has 110 valence electrons. The Morgan fingerprint density at radius 1 is 1.24 bits per heavy atom. The molecule has 0 aliphatic carbocycles. The number of hydrogen-bond acceptors (Lipinski definition) is 4. The number of carbonyl (C=O) groups excluding carboxylic acids is 1. The Kier molecular flexibility index (Phi) is 5.40. The molecule has 1 atom stereocenters. The van der Waals surface area contributed by atoms with Crippen LogP contribution in [0.2, 0.25) is 0 Å². The average molecular weight is 284 g/mol. The molecule has 0 radical (unpaired) electrons. The Morgan fingerprint density at radius 3 is 2.67 bits per heavy atom. The van der Waals surface area contributed by atoms with Gasteiger partial charge in [-0.25, -0.2) is 9.97 Å². The molecule has 0 spiro atoms. The van der Waals surface area contributed by atoms with Gasteiger partial charge in [-0.15, -0.1) is 0 Å². The van der Waals surface area contributed by atoms with E-state index in [-0.39, 0.29) is 11.9 Å². The first-order valence-electron chi connectivity index (χ1n) is 7.11. The fourth-order valence-electron chi connectivity index (χ4n) is 2.07. The predicted molar refractivity (Wildman–Crippen MR) is 83.1 cm³/mol. The highest BCUT2D eigenvalue weighted by molar-refractivity contribution is 6.04. The quantitative estimate of drug-likeness (QED) is 0.856. The SMILES string of the molecule is CCCNC(C)c1ccccc1NC(=O)c1cncnc1. The lowest BCUT2D eigenvalue weighted by Gasteiger charge is -2.18. The highest BCUT2D eigenvalue weighted by Crippen LogP contribution is 2.23. The van der Waals surface area contributed by atoms with E-state index in [0.29, 0.717) is 5.56 Å². The van der Waals surface area contributed by atoms with Crippen molar-refractivity contribution in [2.24, 2.45) is 0 Å². The molecule has 21 heavy (non-hydrogen) atoms. The molecular weight excluding hydrogens is 264 g/mol. The number of nitrogens with zero attached hydrogens (tertiary/aromatic N) is 2. The van der Waals surface area contributed by atoms with Crippen LogP contribution in [0.15, 0.2) is 43.0 Å². The molecule has 5 heteroatoms. The van der Waals surface area contributed by atoms with Crippen LogP contribution in [0.25, 0.3) is 0 Å². The van der Waals surface area contributed by atoms with Gasteiger partial charge in [-0.1, -0.05) is 25.1 Å². The molecule has 2 rings (SSSR count). The second kappa shape index (κ2) is 7.50. The minimum atomic E-state index is -0.203. The Labute approximate surface area is 124 Å². The first kappa shape index (κ1) is 15.1. The van der Waals surface area contributed by atoms with E-state index in [2.05, 4.69) is 34.4 Å². The van der Waals surface area contributed by atoms with Gasteiger partial charge in [0.05, 0.1) is 5.56 Å². The number of anilines is 1. The maximum Gasteiger partial charge on any atom is 0.258 e. The van der Waals surface area contributed by atoms with Gasteiger partial charge in [-0.3, -0.25) is 4.79 Å². The zero-order valence-corrected chi connectivity index (χ0v) is 12.3. The van der Waals surface area contributed by atoms with Gasteiger partial charge < -0.3 is 10.6 Å². The van der Waals surface area contributed by atoms with Crippen molar-refractivity contribution in [3.8, 4) is 0 Å². The summed E-state index contributed by atoms with van der Waals surface area (Å²) in [5.74, 6) is -0.203. The van der Waals surface area contributed by atoms with Crippen LogP contribution >= 0.6 is 0 Å². The summed E-state index contributed by atoms with van der Waals surface area (Å²) in [4.78, 5) is 19.9. The third-order valence-corrected chi connectivity index (χ3v) is 3.20. The lowest BCUT2D eigenvalue weighted by molar-refractivity contribution is 0.102. The van der Waals surface area contributed by atoms with Gasteiger partial charge in [0.1, 0.15) is 6.33 Å². The average Bonchev–Trinajstić information content (AvgIpc) is 2.54. The first-order valence-corrected chi connectivity index (χ1v) is 7.11. The largest absolute Gasteiger partial charge is 0.322 e. The van der Waals surface area contributed by atoms with Crippen molar-refractivity contribution >= 4 is 11.6 Å². The summed E-state index contributed by atoms with van der Waals surface area (Å²) in [5.41, 5.74) is 2.32. The standard InChI is InChI=1S/C16H20N4O/c1-3-8-19-12(2)14-6-4-5-7-15(14)20-16(21)13-9-17-11-18-10-13/h4-7,9-12,19H,3,8H2,1-2H3,(H,20,21). The summed E-state index contributed by atoms with van der Waals surface area (Å²) < 4.78 is 0. The van der Waals surface area contributed by atoms with Crippen LogP contribution in [0.4, 0.5) is 5.69 Å². The molecule has 0 saturated carbocycles. The fraction of sp³-hybridized carbons (Fsp3) is 0.312. The van der Waals surface area contributed by atoms with Crippen LogP contribution in [0, 0.1) is 0 Å². The maximum absolute atomic E-state index is 12.2. The van der Waals surface area contributed by atoms with Crippen molar-refractivity contribution in [3.05, 3.63) is 54.1 Å². The smallest absolute Gasteiger partial charge is 0.258 e. The van der Waals surface area contributed by atoms with Crippen molar-refractivity contribution in [1.82, 2.24) is 15.3 Å². The normalized spacial score (nSPS) is 11.9. The Morgan fingerprint density at radius 2 is 1.95 bits per heavy atom. The lowest BCUT2D eigenvalue weighted by atomic mass is 10.1. The van der Waals surface area contributed by atoms with Gasteiger partial charge in [0.2, 0.25) is 0 Å². The fourth-order valence-corrected chi connectivity index (χ4v) is 2.07. The Balaban J connectivity index is 2.15. The highest BCUT2D eigenvalue weighted by atomic mass is 16.1. The first-order chi connectivity index (χ1) is 10.2. The molecule has 2 N–H and O–H groups in total. The van der Waals surface area contributed by atoms with E-state index in [9.17, 15) is 4.79 Å². The number of aromatic nitrogens is 2. The molecule has 5 nitrogen and oxygen atoms in total. The summed E-state index contributed by atoms with van der Waals surface area (Å²) in [6.45, 7) is 5.16. The van der Waals surface area contributed by atoms with Crippen molar-refractivity contribution in [1.29, 1.82) is 0 Å². The minimum absolute atomic E-state index is 0.175. The van der Waals surface area contributed by atoms with Crippen molar-refractivity contribution in [2.75, 3.05) is 11.9 Å². The molecule has 0 aliphatic rings. The monoisotopic (exact) mass is 284 g/mol. The Hall–Kier alpha value is -2.27. The molecule has 0 aliphatic heterocycles. The summed E-state index contributed by atoms with van der Waals surface area (Å²) in [5, 5.41) is 6.35. The van der Waals surface area contributed by atoms with E-state index in [1.54, 1.807) is 0 Å². The van der Waals surface area contributed by atoms with Crippen LogP contribution < -0.4 is 10.6 Å². The number of para-hydroxylation sites is 1. The van der Waals surface area contributed by atoms with E-state index in [0.717, 1.165) is 24.2 Å². The zero-order valence-electron chi connectivity index (χ0n) is 12.3. The predicted octanol–water partition coefficient (Wildman–Crippen LogP) is 2.79. The second-order valence-corrected chi connectivity index (χ2v) is 4.84. The van der Waals surface area contributed by atoms with Gasteiger partial charge in [-0.2, -0.15) is 0 Å². The van der Waals surface area contributed by atoms with Crippen LogP contribution in [0.1, 0.15) is 42.2 Å². The molecule has 1 amide bonds. The van der Waals surface area contributed by atoms with Crippen molar-refractivity contribution in [3.63, 3.8) is 0 Å². The van der Waals surface area contributed by atoms with Gasteiger partial charge in [-0.05, 0) is 31.5 Å². The molecule has 1 aromatic heterocycles. The lowest BCUT2D eigenvalue weighted by Crippen LogP contribution is -2.21. The van der Waals surface area contributed by atoms with E-state index < -0.39 is 0 Å². The topological polar surface area (TPSA) is 66.9 Å². The molecule has 1 unspecified atom stereocenters. The zero-order chi connectivity index (χ0) is 15.1. The summed E-state index contributed by atoms with van der Waals surface area (Å²) in [7, 11) is 0. The minimum Gasteiger partial charge on any atom is -0.322 e. The van der Waals surface area contributed by atoms with Gasteiger partial charge in [0.15, 0.2) is 0 Å². The third-order valence-electron chi connectivity index (χ3n) is 3.20. The number of benzene rings is 1. The van der Waals surface area contributed by atoms with Crippen molar-refractivity contribution in [2.45, 2.75) is 26.3 Å². The molecule has 2 aromatic rings. The van der Waals surface area contributed by atoms with Crippen molar-refractivity contribution < 1.29 is 4.79 Å². The Bertz CT molecular complexity index is 586. The van der Waals surface area contributed by atoms with E-state index in [1.807, 2.05) is 24.3 Å². The summed E-state index contributed by atoms with van der Waals surface area (Å²) in [6.07, 6.45) is 5.48. The molecule has 1 heterocycles. The molecule has 0 fully saturated rings.